The van der Waals surface area contributed by atoms with E-state index >= 15 is 0 Å². The first kappa shape index (κ1) is 30.7. The minimum atomic E-state index is -0.774. The normalized spacial score (nSPS) is 16.6. The summed E-state index contributed by atoms with van der Waals surface area (Å²) in [5, 5.41) is 6.11. The van der Waals surface area contributed by atoms with Crippen molar-refractivity contribution >= 4 is 46.5 Å². The van der Waals surface area contributed by atoms with E-state index < -0.39 is 35.2 Å². The SMILES string of the molecule is COCC(COC)n1c(=O)c(-c2cccc(Cl)c2Cl)cn(CC(=O)Nc2ccc3c(c2)C[C@@]2(C3)C(=O)Nc3ncccc32)c1=O. The molecule has 0 fully saturated rings. The molecule has 0 saturated heterocycles. The highest BCUT2D eigenvalue weighted by molar-refractivity contribution is 6.43. The Labute approximate surface area is 267 Å². The van der Waals surface area contributed by atoms with Gasteiger partial charge in [-0.3, -0.25) is 23.5 Å². The Morgan fingerprint density at radius 2 is 1.78 bits per heavy atom. The van der Waals surface area contributed by atoms with Crippen LogP contribution in [0.25, 0.3) is 11.1 Å². The summed E-state index contributed by atoms with van der Waals surface area (Å²) in [6.07, 6.45) is 3.95. The number of pyridine rings is 1. The molecule has 0 saturated carbocycles. The molecule has 1 atom stereocenters. The van der Waals surface area contributed by atoms with Crippen LogP contribution in [0.5, 0.6) is 0 Å². The number of fused-ring (bicyclic) bond motifs is 3. The van der Waals surface area contributed by atoms with Gasteiger partial charge >= 0.3 is 5.69 Å². The molecule has 1 aliphatic carbocycles. The lowest BCUT2D eigenvalue weighted by Crippen LogP contribution is -2.46. The minimum Gasteiger partial charge on any atom is -0.382 e. The molecule has 2 N–H and O–H groups in total. The van der Waals surface area contributed by atoms with Gasteiger partial charge in [0.1, 0.15) is 12.4 Å². The molecule has 232 valence electrons. The summed E-state index contributed by atoms with van der Waals surface area (Å²) in [5.41, 5.74) is 1.63. The number of hydrogen-bond acceptors (Lipinski definition) is 7. The van der Waals surface area contributed by atoms with Crippen molar-refractivity contribution < 1.29 is 19.1 Å². The number of amides is 2. The molecule has 6 rings (SSSR count). The lowest BCUT2D eigenvalue weighted by Gasteiger charge is -2.20. The highest BCUT2D eigenvalue weighted by Crippen LogP contribution is 2.47. The molecule has 2 aromatic carbocycles. The Hall–Kier alpha value is -4.29. The average Bonchev–Trinajstić information content (AvgIpc) is 3.53. The topological polar surface area (TPSA) is 134 Å². The Kier molecular flexibility index (Phi) is 8.36. The number of benzene rings is 2. The number of ether oxygens (including phenoxy) is 2. The van der Waals surface area contributed by atoms with Crippen molar-refractivity contribution in [2.75, 3.05) is 38.1 Å². The fourth-order valence-corrected chi connectivity index (χ4v) is 6.64. The highest BCUT2D eigenvalue weighted by Gasteiger charge is 2.51. The fourth-order valence-electron chi connectivity index (χ4n) is 6.24. The van der Waals surface area contributed by atoms with Crippen molar-refractivity contribution in [3.63, 3.8) is 0 Å². The number of carbonyl (C=O) groups excluding carboxylic acids is 2. The van der Waals surface area contributed by atoms with Crippen molar-refractivity contribution in [1.82, 2.24) is 14.1 Å². The predicted molar refractivity (Wildman–Crippen MR) is 170 cm³/mol. The van der Waals surface area contributed by atoms with E-state index in [2.05, 4.69) is 15.6 Å². The summed E-state index contributed by atoms with van der Waals surface area (Å²) in [4.78, 5) is 58.1. The number of rotatable bonds is 9. The van der Waals surface area contributed by atoms with E-state index in [-0.39, 0.29) is 34.7 Å². The second-order valence-electron chi connectivity index (χ2n) is 11.1. The lowest BCUT2D eigenvalue weighted by molar-refractivity contribution is -0.120. The van der Waals surface area contributed by atoms with Gasteiger partial charge in [0.15, 0.2) is 0 Å². The summed E-state index contributed by atoms with van der Waals surface area (Å²) < 4.78 is 12.7. The number of halogens is 2. The first-order valence-corrected chi connectivity index (χ1v) is 14.9. The first-order valence-electron chi connectivity index (χ1n) is 14.1. The van der Waals surface area contributed by atoms with Gasteiger partial charge in [-0.25, -0.2) is 9.78 Å². The molecule has 13 heteroatoms. The van der Waals surface area contributed by atoms with Gasteiger partial charge in [0.05, 0.1) is 40.3 Å². The number of anilines is 2. The number of carbonyl (C=O) groups is 2. The Morgan fingerprint density at radius 1 is 1.02 bits per heavy atom. The van der Waals surface area contributed by atoms with E-state index in [4.69, 9.17) is 32.7 Å². The number of aromatic nitrogens is 3. The molecule has 45 heavy (non-hydrogen) atoms. The summed E-state index contributed by atoms with van der Waals surface area (Å²) >= 11 is 12.7. The molecule has 0 radical (unpaired) electrons. The van der Waals surface area contributed by atoms with Crippen LogP contribution in [-0.2, 0) is 43.9 Å². The van der Waals surface area contributed by atoms with Gasteiger partial charge in [0, 0.05) is 43.4 Å². The standard InChI is InChI=1S/C32H29Cl2N5O6/c1-44-16-21(17-45-2)39-29(41)23(22-5-3-7-25(33)27(22)34)14-38(31(39)43)15-26(40)36-20-9-8-18-12-32(13-19(18)11-20)24-6-4-10-35-28(24)37-30(32)42/h3-11,14,21H,12-13,15-17H2,1-2H3,(H,36,40)(H,35,37,42)/t32-/m1/s1. The van der Waals surface area contributed by atoms with Gasteiger partial charge in [-0.2, -0.15) is 0 Å². The summed E-state index contributed by atoms with van der Waals surface area (Å²) in [7, 11) is 2.90. The van der Waals surface area contributed by atoms with Gasteiger partial charge in [0.25, 0.3) is 5.56 Å². The molecule has 2 amide bonds. The molecule has 1 spiro atoms. The number of hydrogen-bond donors (Lipinski definition) is 2. The molecular weight excluding hydrogens is 621 g/mol. The smallest absolute Gasteiger partial charge is 0.331 e. The van der Waals surface area contributed by atoms with Crippen molar-refractivity contribution in [2.45, 2.75) is 30.8 Å². The van der Waals surface area contributed by atoms with Crippen LogP contribution in [0.2, 0.25) is 10.0 Å². The van der Waals surface area contributed by atoms with Gasteiger partial charge in [-0.15, -0.1) is 0 Å². The molecule has 11 nitrogen and oxygen atoms in total. The van der Waals surface area contributed by atoms with Crippen molar-refractivity contribution in [2.24, 2.45) is 0 Å². The fraction of sp³-hybridized carbons (Fsp3) is 0.281. The third-order valence-electron chi connectivity index (χ3n) is 8.29. The molecule has 3 heterocycles. The van der Waals surface area contributed by atoms with E-state index in [1.807, 2.05) is 24.3 Å². The molecule has 2 aliphatic rings. The van der Waals surface area contributed by atoms with E-state index in [0.29, 0.717) is 29.9 Å². The van der Waals surface area contributed by atoms with Gasteiger partial charge in [-0.05, 0) is 48.2 Å². The van der Waals surface area contributed by atoms with Crippen LogP contribution in [-0.4, -0.2) is 53.4 Å². The van der Waals surface area contributed by atoms with Crippen molar-refractivity contribution in [1.29, 1.82) is 0 Å². The zero-order valence-corrected chi connectivity index (χ0v) is 25.9. The van der Waals surface area contributed by atoms with Gasteiger partial charge < -0.3 is 20.1 Å². The maximum absolute atomic E-state index is 13.7. The Balaban J connectivity index is 1.31. The second kappa shape index (κ2) is 12.2. The quantitative estimate of drug-likeness (QED) is 0.281. The van der Waals surface area contributed by atoms with Crippen molar-refractivity contribution in [3.8, 4) is 11.1 Å². The predicted octanol–water partition coefficient (Wildman–Crippen LogP) is 3.84. The summed E-state index contributed by atoms with van der Waals surface area (Å²) in [6.45, 7) is -0.381. The molecule has 2 aromatic heterocycles. The maximum atomic E-state index is 13.7. The van der Waals surface area contributed by atoms with Crippen LogP contribution >= 0.6 is 23.2 Å². The van der Waals surface area contributed by atoms with E-state index in [0.717, 1.165) is 25.8 Å². The van der Waals surface area contributed by atoms with Crippen LogP contribution in [0, 0.1) is 0 Å². The van der Waals surface area contributed by atoms with Crippen LogP contribution in [0.1, 0.15) is 22.7 Å². The third kappa shape index (κ3) is 5.46. The zero-order valence-electron chi connectivity index (χ0n) is 24.4. The Bertz CT molecular complexity index is 1950. The molecule has 0 unspecified atom stereocenters. The van der Waals surface area contributed by atoms with Crippen molar-refractivity contribution in [3.05, 3.63) is 108 Å². The van der Waals surface area contributed by atoms with Crippen LogP contribution in [0.3, 0.4) is 0 Å². The highest BCUT2D eigenvalue weighted by atomic mass is 35.5. The van der Waals surface area contributed by atoms with E-state index in [9.17, 15) is 19.2 Å². The maximum Gasteiger partial charge on any atom is 0.331 e. The largest absolute Gasteiger partial charge is 0.382 e. The summed E-state index contributed by atoms with van der Waals surface area (Å²) in [6, 6.07) is 13.3. The molecule has 4 aromatic rings. The van der Waals surface area contributed by atoms with Gasteiger partial charge in [-0.1, -0.05) is 47.5 Å². The van der Waals surface area contributed by atoms with E-state index in [1.165, 1.54) is 20.4 Å². The Morgan fingerprint density at radius 3 is 2.53 bits per heavy atom. The van der Waals surface area contributed by atoms with Crippen LogP contribution < -0.4 is 21.9 Å². The lowest BCUT2D eigenvalue weighted by atomic mass is 9.79. The van der Waals surface area contributed by atoms with Gasteiger partial charge in [0.2, 0.25) is 11.8 Å². The molecular formula is C32H29Cl2N5O6. The summed E-state index contributed by atoms with van der Waals surface area (Å²) in [5.74, 6) is -0.0167. The third-order valence-corrected chi connectivity index (χ3v) is 9.11. The molecule has 0 bridgehead atoms. The number of methoxy groups -OCH3 is 2. The van der Waals surface area contributed by atoms with Crippen LogP contribution in [0.15, 0.2) is 70.5 Å². The van der Waals surface area contributed by atoms with Crippen LogP contribution in [0.4, 0.5) is 11.5 Å². The zero-order chi connectivity index (χ0) is 31.9. The monoisotopic (exact) mass is 649 g/mol. The average molecular weight is 651 g/mol. The first-order chi connectivity index (χ1) is 21.7. The second-order valence-corrected chi connectivity index (χ2v) is 11.9. The minimum absolute atomic E-state index is 0.0110. The number of nitrogens with zero attached hydrogens (tertiary/aromatic N) is 3. The molecule has 1 aliphatic heterocycles. The number of nitrogens with one attached hydrogen (secondary N) is 2. The van der Waals surface area contributed by atoms with E-state index in [1.54, 1.807) is 30.5 Å².